The molecule has 0 aliphatic carbocycles. The van der Waals surface area contributed by atoms with E-state index in [9.17, 15) is 0 Å². The van der Waals surface area contributed by atoms with E-state index in [0.717, 1.165) is 21.3 Å². The Morgan fingerprint density at radius 3 is 2.29 bits per heavy atom. The molecular formula is C18H12BrClO. The van der Waals surface area contributed by atoms with Crippen molar-refractivity contribution in [1.29, 1.82) is 0 Å². The van der Waals surface area contributed by atoms with Gasteiger partial charge >= 0.3 is 0 Å². The van der Waals surface area contributed by atoms with Crippen molar-refractivity contribution < 1.29 is 4.74 Å². The highest BCUT2D eigenvalue weighted by atomic mass is 79.9. The first kappa shape index (κ1) is 14.2. The third-order valence-electron chi connectivity index (χ3n) is 3.09. The monoisotopic (exact) mass is 358 g/mol. The van der Waals surface area contributed by atoms with Gasteiger partial charge in [0.05, 0.1) is 9.50 Å². The molecular weight excluding hydrogens is 348 g/mol. The summed E-state index contributed by atoms with van der Waals surface area (Å²) in [5.41, 5.74) is 2.28. The molecule has 104 valence electrons. The average Bonchev–Trinajstić information content (AvgIpc) is 2.53. The summed E-state index contributed by atoms with van der Waals surface area (Å²) in [6.45, 7) is 0. The zero-order valence-electron chi connectivity index (χ0n) is 11.1. The van der Waals surface area contributed by atoms with Gasteiger partial charge in [-0.05, 0) is 51.3 Å². The Hall–Kier alpha value is -1.77. The summed E-state index contributed by atoms with van der Waals surface area (Å²) in [6, 6.07) is 23.8. The Kier molecular flexibility index (Phi) is 4.28. The molecule has 3 aromatic carbocycles. The van der Waals surface area contributed by atoms with Crippen molar-refractivity contribution in [2.24, 2.45) is 0 Å². The first-order chi connectivity index (χ1) is 10.2. The molecule has 3 aromatic rings. The van der Waals surface area contributed by atoms with Gasteiger partial charge in [0.15, 0.2) is 0 Å². The summed E-state index contributed by atoms with van der Waals surface area (Å²) in [5, 5.41) is 0.631. The SMILES string of the molecule is Clc1cccc(Oc2cccc(-c3ccccc3)c2)c1Br. The number of ether oxygens (including phenoxy) is 1. The van der Waals surface area contributed by atoms with E-state index in [1.807, 2.05) is 54.6 Å². The first-order valence-corrected chi connectivity index (χ1v) is 7.68. The lowest BCUT2D eigenvalue weighted by Crippen LogP contribution is -1.87. The number of rotatable bonds is 3. The minimum Gasteiger partial charge on any atom is -0.456 e. The zero-order valence-corrected chi connectivity index (χ0v) is 13.4. The molecule has 0 aromatic heterocycles. The van der Waals surface area contributed by atoms with E-state index in [1.54, 1.807) is 0 Å². The fourth-order valence-corrected chi connectivity index (χ4v) is 2.57. The lowest BCUT2D eigenvalue weighted by Gasteiger charge is -2.10. The second-order valence-corrected chi connectivity index (χ2v) is 5.75. The fourth-order valence-electron chi connectivity index (χ4n) is 2.06. The largest absolute Gasteiger partial charge is 0.456 e. The minimum atomic E-state index is 0.631. The molecule has 21 heavy (non-hydrogen) atoms. The highest BCUT2D eigenvalue weighted by molar-refractivity contribution is 9.10. The van der Waals surface area contributed by atoms with Gasteiger partial charge in [0.1, 0.15) is 11.5 Å². The molecule has 0 aliphatic rings. The second-order valence-electron chi connectivity index (χ2n) is 4.55. The summed E-state index contributed by atoms with van der Waals surface area (Å²) in [4.78, 5) is 0. The van der Waals surface area contributed by atoms with Crippen molar-refractivity contribution in [2.75, 3.05) is 0 Å². The average molecular weight is 360 g/mol. The van der Waals surface area contributed by atoms with Crippen LogP contribution in [0.4, 0.5) is 0 Å². The Labute approximate surface area is 137 Å². The van der Waals surface area contributed by atoms with Crippen LogP contribution >= 0.6 is 27.5 Å². The van der Waals surface area contributed by atoms with Crippen LogP contribution in [0.5, 0.6) is 11.5 Å². The zero-order chi connectivity index (χ0) is 14.7. The van der Waals surface area contributed by atoms with E-state index in [2.05, 4.69) is 34.1 Å². The van der Waals surface area contributed by atoms with Gasteiger partial charge < -0.3 is 4.74 Å². The molecule has 0 amide bonds. The van der Waals surface area contributed by atoms with E-state index < -0.39 is 0 Å². The van der Waals surface area contributed by atoms with Crippen molar-refractivity contribution in [3.8, 4) is 22.6 Å². The van der Waals surface area contributed by atoms with Crippen LogP contribution in [0.15, 0.2) is 77.3 Å². The van der Waals surface area contributed by atoms with Gasteiger partial charge in [0, 0.05) is 0 Å². The Morgan fingerprint density at radius 2 is 1.48 bits per heavy atom. The van der Waals surface area contributed by atoms with E-state index in [1.165, 1.54) is 0 Å². The smallest absolute Gasteiger partial charge is 0.143 e. The van der Waals surface area contributed by atoms with Crippen LogP contribution in [-0.4, -0.2) is 0 Å². The molecule has 0 saturated carbocycles. The van der Waals surface area contributed by atoms with Crippen LogP contribution in [0.3, 0.4) is 0 Å². The third kappa shape index (κ3) is 3.29. The van der Waals surface area contributed by atoms with Crippen molar-refractivity contribution in [3.63, 3.8) is 0 Å². The maximum absolute atomic E-state index is 6.08. The Balaban J connectivity index is 1.92. The molecule has 0 radical (unpaired) electrons. The quantitative estimate of drug-likeness (QED) is 0.514. The number of hydrogen-bond acceptors (Lipinski definition) is 1. The summed E-state index contributed by atoms with van der Waals surface area (Å²) in [6.07, 6.45) is 0. The summed E-state index contributed by atoms with van der Waals surface area (Å²) >= 11 is 9.52. The minimum absolute atomic E-state index is 0.631. The van der Waals surface area contributed by atoms with Gasteiger partial charge in [-0.15, -0.1) is 0 Å². The van der Waals surface area contributed by atoms with Crippen LogP contribution in [0.1, 0.15) is 0 Å². The second kappa shape index (κ2) is 6.33. The Morgan fingerprint density at radius 1 is 0.762 bits per heavy atom. The topological polar surface area (TPSA) is 9.23 Å². The number of benzene rings is 3. The molecule has 0 fully saturated rings. The van der Waals surface area contributed by atoms with Gasteiger partial charge in [-0.2, -0.15) is 0 Å². The molecule has 0 atom stereocenters. The van der Waals surface area contributed by atoms with E-state index in [0.29, 0.717) is 10.8 Å². The van der Waals surface area contributed by atoms with E-state index in [4.69, 9.17) is 16.3 Å². The van der Waals surface area contributed by atoms with Gasteiger partial charge in [-0.25, -0.2) is 0 Å². The summed E-state index contributed by atoms with van der Waals surface area (Å²) in [7, 11) is 0. The van der Waals surface area contributed by atoms with E-state index >= 15 is 0 Å². The normalized spacial score (nSPS) is 10.4. The molecule has 0 spiro atoms. The van der Waals surface area contributed by atoms with Crippen molar-refractivity contribution in [3.05, 3.63) is 82.3 Å². The predicted molar refractivity (Wildman–Crippen MR) is 91.1 cm³/mol. The van der Waals surface area contributed by atoms with Crippen LogP contribution in [0.25, 0.3) is 11.1 Å². The summed E-state index contributed by atoms with van der Waals surface area (Å²) < 4.78 is 6.68. The maximum atomic E-state index is 6.08. The molecule has 0 unspecified atom stereocenters. The van der Waals surface area contributed by atoms with Crippen molar-refractivity contribution in [1.82, 2.24) is 0 Å². The molecule has 3 heteroatoms. The van der Waals surface area contributed by atoms with Crippen LogP contribution in [-0.2, 0) is 0 Å². The number of halogens is 2. The van der Waals surface area contributed by atoms with Gasteiger partial charge in [-0.3, -0.25) is 0 Å². The summed E-state index contributed by atoms with van der Waals surface area (Å²) in [5.74, 6) is 1.48. The van der Waals surface area contributed by atoms with Gasteiger partial charge in [0.2, 0.25) is 0 Å². The Bertz CT molecular complexity index is 756. The van der Waals surface area contributed by atoms with Gasteiger partial charge in [-0.1, -0.05) is 60.1 Å². The first-order valence-electron chi connectivity index (χ1n) is 6.51. The molecule has 1 nitrogen and oxygen atoms in total. The fraction of sp³-hybridized carbons (Fsp3) is 0. The highest BCUT2D eigenvalue weighted by Gasteiger charge is 2.07. The van der Waals surface area contributed by atoms with Crippen LogP contribution in [0, 0.1) is 0 Å². The molecule has 0 aliphatic heterocycles. The molecule has 0 bridgehead atoms. The predicted octanol–water partition coefficient (Wildman–Crippen LogP) is 6.56. The van der Waals surface area contributed by atoms with Gasteiger partial charge in [0.25, 0.3) is 0 Å². The molecule has 3 rings (SSSR count). The molecule has 0 N–H and O–H groups in total. The third-order valence-corrected chi connectivity index (χ3v) is 4.45. The lowest BCUT2D eigenvalue weighted by molar-refractivity contribution is 0.480. The molecule has 0 heterocycles. The lowest BCUT2D eigenvalue weighted by atomic mass is 10.1. The van der Waals surface area contributed by atoms with E-state index in [-0.39, 0.29) is 0 Å². The maximum Gasteiger partial charge on any atom is 0.143 e. The van der Waals surface area contributed by atoms with Crippen LogP contribution < -0.4 is 4.74 Å². The van der Waals surface area contributed by atoms with Crippen LogP contribution in [0.2, 0.25) is 5.02 Å². The molecule has 0 saturated heterocycles. The van der Waals surface area contributed by atoms with Crippen molar-refractivity contribution in [2.45, 2.75) is 0 Å². The number of hydrogen-bond donors (Lipinski definition) is 0. The standard InChI is InChI=1S/C18H12BrClO/c19-18-16(20)10-5-11-17(18)21-15-9-4-8-14(12-15)13-6-2-1-3-7-13/h1-12H. The highest BCUT2D eigenvalue weighted by Crippen LogP contribution is 2.35. The van der Waals surface area contributed by atoms with Crippen molar-refractivity contribution >= 4 is 27.5 Å².